The Morgan fingerprint density at radius 3 is 2.69 bits per heavy atom. The fourth-order valence-corrected chi connectivity index (χ4v) is 3.77. The van der Waals surface area contributed by atoms with Crippen molar-refractivity contribution in [3.05, 3.63) is 65.0 Å². The lowest BCUT2D eigenvalue weighted by Gasteiger charge is -2.16. The second-order valence-electron chi connectivity index (χ2n) is 6.48. The zero-order valence-corrected chi connectivity index (χ0v) is 17.0. The van der Waals surface area contributed by atoms with Gasteiger partial charge in [0, 0.05) is 23.5 Å². The van der Waals surface area contributed by atoms with Crippen LogP contribution in [0.1, 0.15) is 28.6 Å². The monoisotopic (exact) mass is 428 g/mol. The highest BCUT2D eigenvalue weighted by molar-refractivity contribution is 7.98. The molecule has 1 aliphatic rings. The Balaban J connectivity index is 1.45. The molecule has 1 fully saturated rings. The molecule has 0 radical (unpaired) electrons. The summed E-state index contributed by atoms with van der Waals surface area (Å²) >= 11 is 7.68. The van der Waals surface area contributed by atoms with Crippen LogP contribution in [0.3, 0.4) is 0 Å². The molecule has 1 atom stereocenters. The number of carbonyl (C=O) groups excluding carboxylic acids is 2. The van der Waals surface area contributed by atoms with E-state index in [0.717, 1.165) is 10.6 Å². The molecule has 0 aliphatic carbocycles. The molecule has 1 aromatic heterocycles. The topological polar surface area (TPSA) is 88.3 Å². The van der Waals surface area contributed by atoms with E-state index >= 15 is 0 Å². The van der Waals surface area contributed by atoms with Crippen LogP contribution >= 0.6 is 23.4 Å². The van der Waals surface area contributed by atoms with Gasteiger partial charge < -0.3 is 9.32 Å². The van der Waals surface area contributed by atoms with Gasteiger partial charge in [0.15, 0.2) is 0 Å². The first kappa shape index (κ1) is 19.5. The fraction of sp³-hybridized carbons (Fsp3) is 0.200. The number of aromatic nitrogens is 2. The van der Waals surface area contributed by atoms with Crippen LogP contribution in [-0.2, 0) is 4.79 Å². The zero-order chi connectivity index (χ0) is 20.4. The Bertz CT molecular complexity index is 1050. The van der Waals surface area contributed by atoms with E-state index in [1.165, 1.54) is 0 Å². The van der Waals surface area contributed by atoms with Crippen molar-refractivity contribution in [3.63, 3.8) is 0 Å². The van der Waals surface area contributed by atoms with Crippen molar-refractivity contribution in [2.75, 3.05) is 23.0 Å². The van der Waals surface area contributed by atoms with Crippen LogP contribution in [0.4, 0.5) is 11.7 Å². The predicted molar refractivity (Wildman–Crippen MR) is 112 cm³/mol. The summed E-state index contributed by atoms with van der Waals surface area (Å²) in [4.78, 5) is 27.6. The fourth-order valence-electron chi connectivity index (χ4n) is 3.14. The van der Waals surface area contributed by atoms with E-state index in [9.17, 15) is 9.59 Å². The van der Waals surface area contributed by atoms with Crippen LogP contribution in [0.5, 0.6) is 0 Å². The normalized spacial score (nSPS) is 16.3. The molecule has 0 unspecified atom stereocenters. The van der Waals surface area contributed by atoms with Crippen molar-refractivity contribution < 1.29 is 14.0 Å². The standard InChI is InChI=1S/C20H17ClN4O3S/c1-29-14-8-6-13(7-9-14)25-11-12(10-17(25)26)19-23-24-20(28-19)22-18(27)15-4-2-3-5-16(15)21/h2-9,12H,10-11H2,1H3,(H,22,24,27)/t12-/m1/s1. The van der Waals surface area contributed by atoms with Crippen molar-refractivity contribution >= 4 is 46.9 Å². The minimum Gasteiger partial charge on any atom is -0.407 e. The molecule has 2 heterocycles. The van der Waals surface area contributed by atoms with Crippen LogP contribution < -0.4 is 10.2 Å². The van der Waals surface area contributed by atoms with E-state index < -0.39 is 5.91 Å². The molecule has 2 aromatic carbocycles. The van der Waals surface area contributed by atoms with Gasteiger partial charge in [0.25, 0.3) is 5.91 Å². The Labute approximate surface area is 176 Å². The SMILES string of the molecule is CSc1ccc(N2C[C@H](c3nnc(NC(=O)c4ccccc4Cl)o3)CC2=O)cc1. The molecule has 29 heavy (non-hydrogen) atoms. The number of nitrogens with one attached hydrogen (secondary N) is 1. The van der Waals surface area contributed by atoms with Gasteiger partial charge in [0.2, 0.25) is 11.8 Å². The van der Waals surface area contributed by atoms with Crippen molar-refractivity contribution in [3.8, 4) is 0 Å². The molecular weight excluding hydrogens is 412 g/mol. The van der Waals surface area contributed by atoms with Gasteiger partial charge in [0.05, 0.1) is 16.5 Å². The second kappa shape index (κ2) is 8.26. The highest BCUT2D eigenvalue weighted by Gasteiger charge is 2.35. The van der Waals surface area contributed by atoms with Gasteiger partial charge in [-0.3, -0.25) is 14.9 Å². The summed E-state index contributed by atoms with van der Waals surface area (Å²) in [5.41, 5.74) is 1.15. The summed E-state index contributed by atoms with van der Waals surface area (Å²) in [5.74, 6) is -0.368. The number of benzene rings is 2. The van der Waals surface area contributed by atoms with E-state index in [0.29, 0.717) is 23.0 Å². The number of hydrogen-bond acceptors (Lipinski definition) is 6. The van der Waals surface area contributed by atoms with E-state index in [-0.39, 0.29) is 24.3 Å². The maximum absolute atomic E-state index is 12.5. The van der Waals surface area contributed by atoms with Gasteiger partial charge in [-0.05, 0) is 42.7 Å². The van der Waals surface area contributed by atoms with Gasteiger partial charge >= 0.3 is 6.01 Å². The first-order chi connectivity index (χ1) is 14.0. The van der Waals surface area contributed by atoms with E-state index in [1.54, 1.807) is 40.9 Å². The number of thioether (sulfide) groups is 1. The minimum atomic E-state index is -0.441. The van der Waals surface area contributed by atoms with Crippen LogP contribution in [0.25, 0.3) is 0 Å². The molecule has 1 saturated heterocycles. The maximum Gasteiger partial charge on any atom is 0.322 e. The summed E-state index contributed by atoms with van der Waals surface area (Å²) in [7, 11) is 0. The van der Waals surface area contributed by atoms with Crippen LogP contribution in [-0.4, -0.2) is 34.8 Å². The molecule has 9 heteroatoms. The zero-order valence-electron chi connectivity index (χ0n) is 15.5. The number of halogens is 1. The Hall–Kier alpha value is -2.84. The average molecular weight is 429 g/mol. The third-order valence-corrected chi connectivity index (χ3v) is 5.71. The molecule has 7 nitrogen and oxygen atoms in total. The maximum atomic E-state index is 12.5. The predicted octanol–water partition coefficient (Wildman–Crippen LogP) is 4.22. The largest absolute Gasteiger partial charge is 0.407 e. The lowest BCUT2D eigenvalue weighted by atomic mass is 10.1. The highest BCUT2D eigenvalue weighted by Crippen LogP contribution is 2.32. The van der Waals surface area contributed by atoms with Gasteiger partial charge in [-0.25, -0.2) is 0 Å². The summed E-state index contributed by atoms with van der Waals surface area (Å²) < 4.78 is 5.59. The molecule has 148 valence electrons. The molecule has 0 saturated carbocycles. The molecule has 0 spiro atoms. The third kappa shape index (κ3) is 4.13. The molecule has 0 bridgehead atoms. The van der Waals surface area contributed by atoms with Gasteiger partial charge in [-0.15, -0.1) is 16.9 Å². The second-order valence-corrected chi connectivity index (χ2v) is 7.77. The quantitative estimate of drug-likeness (QED) is 0.612. The van der Waals surface area contributed by atoms with Crippen molar-refractivity contribution in [1.82, 2.24) is 10.2 Å². The summed E-state index contributed by atoms with van der Waals surface area (Å²) in [6.45, 7) is 0.442. The summed E-state index contributed by atoms with van der Waals surface area (Å²) in [5, 5.41) is 10.8. The number of anilines is 2. The number of amides is 2. The molecular formula is C20H17ClN4O3S. The number of carbonyl (C=O) groups is 2. The number of rotatable bonds is 5. The van der Waals surface area contributed by atoms with Crippen LogP contribution in [0.2, 0.25) is 5.02 Å². The lowest BCUT2D eigenvalue weighted by molar-refractivity contribution is -0.117. The van der Waals surface area contributed by atoms with Gasteiger partial charge in [-0.1, -0.05) is 28.8 Å². The molecule has 1 N–H and O–H groups in total. The molecule has 2 amide bonds. The lowest BCUT2D eigenvalue weighted by Crippen LogP contribution is -2.24. The Morgan fingerprint density at radius 2 is 1.97 bits per heavy atom. The third-order valence-electron chi connectivity index (χ3n) is 4.64. The highest BCUT2D eigenvalue weighted by atomic mass is 35.5. The molecule has 4 rings (SSSR count). The van der Waals surface area contributed by atoms with Gasteiger partial charge in [-0.2, -0.15) is 0 Å². The van der Waals surface area contributed by atoms with Crippen molar-refractivity contribution in [2.24, 2.45) is 0 Å². The van der Waals surface area contributed by atoms with Crippen molar-refractivity contribution in [1.29, 1.82) is 0 Å². The Morgan fingerprint density at radius 1 is 1.21 bits per heavy atom. The van der Waals surface area contributed by atoms with Crippen LogP contribution in [0, 0.1) is 0 Å². The van der Waals surface area contributed by atoms with Gasteiger partial charge in [0.1, 0.15) is 0 Å². The Kier molecular flexibility index (Phi) is 5.55. The summed E-state index contributed by atoms with van der Waals surface area (Å²) in [6, 6.07) is 14.5. The van der Waals surface area contributed by atoms with E-state index in [4.69, 9.17) is 16.0 Å². The first-order valence-electron chi connectivity index (χ1n) is 8.89. The number of nitrogens with zero attached hydrogens (tertiary/aromatic N) is 3. The molecule has 3 aromatic rings. The number of hydrogen-bond donors (Lipinski definition) is 1. The van der Waals surface area contributed by atoms with E-state index in [2.05, 4.69) is 15.5 Å². The smallest absolute Gasteiger partial charge is 0.322 e. The van der Waals surface area contributed by atoms with Crippen LogP contribution in [0.15, 0.2) is 57.8 Å². The average Bonchev–Trinajstić information content (AvgIpc) is 3.35. The minimum absolute atomic E-state index is 0.00763. The molecule has 1 aliphatic heterocycles. The first-order valence-corrected chi connectivity index (χ1v) is 10.5. The summed E-state index contributed by atoms with van der Waals surface area (Å²) in [6.07, 6.45) is 2.27. The van der Waals surface area contributed by atoms with E-state index in [1.807, 2.05) is 30.5 Å². The van der Waals surface area contributed by atoms with Crippen molar-refractivity contribution in [2.45, 2.75) is 17.2 Å².